The van der Waals surface area contributed by atoms with Gasteiger partial charge in [0.15, 0.2) is 0 Å². The number of piperazine rings is 1. The van der Waals surface area contributed by atoms with E-state index in [4.69, 9.17) is 4.74 Å². The van der Waals surface area contributed by atoms with E-state index in [0.717, 1.165) is 45.4 Å². The van der Waals surface area contributed by atoms with Crippen LogP contribution >= 0.6 is 0 Å². The van der Waals surface area contributed by atoms with E-state index in [1.807, 2.05) is 0 Å². The summed E-state index contributed by atoms with van der Waals surface area (Å²) >= 11 is 0. The molecule has 174 valence electrons. The molecule has 2 aliphatic heterocycles. The second kappa shape index (κ2) is 8.18. The Kier molecular flexibility index (Phi) is 5.61. The van der Waals surface area contributed by atoms with Gasteiger partial charge >= 0.3 is 5.97 Å². The molecule has 0 spiro atoms. The van der Waals surface area contributed by atoms with Gasteiger partial charge < -0.3 is 14.7 Å². The average Bonchev–Trinajstić information content (AvgIpc) is 3.08. The summed E-state index contributed by atoms with van der Waals surface area (Å²) in [6.07, 6.45) is 4.59. The maximum absolute atomic E-state index is 12.9. The number of carbonyl (C=O) groups is 1. The van der Waals surface area contributed by atoms with Crippen LogP contribution in [0.3, 0.4) is 0 Å². The van der Waals surface area contributed by atoms with Gasteiger partial charge in [-0.2, -0.15) is 0 Å². The average molecular weight is 439 g/mol. The molecule has 32 heavy (non-hydrogen) atoms. The smallest absolute Gasteiger partial charge is 0.311 e. The largest absolute Gasteiger partial charge is 0.461 e. The molecule has 3 fully saturated rings. The zero-order valence-corrected chi connectivity index (χ0v) is 20.0. The van der Waals surface area contributed by atoms with E-state index in [9.17, 15) is 9.90 Å². The van der Waals surface area contributed by atoms with Crippen LogP contribution in [0.2, 0.25) is 0 Å². The highest BCUT2D eigenvalue weighted by Gasteiger charge is 2.59. The summed E-state index contributed by atoms with van der Waals surface area (Å²) in [5.74, 6) is -0.000529. The number of nitrogens with zero attached hydrogens (tertiary/aromatic N) is 2. The molecule has 2 saturated heterocycles. The topological polar surface area (TPSA) is 53.0 Å². The Morgan fingerprint density at radius 2 is 1.94 bits per heavy atom. The SMILES string of the molecule is Cc1ccc(C)c(N2CCN(C[C@H]3C(=O)O[C@@H]4CC5=CCC[C@@H](C)[C@@]5(C)[C@H](O)[C@@H]43)CC2)c1. The predicted octanol–water partition coefficient (Wildman–Crippen LogP) is 3.71. The summed E-state index contributed by atoms with van der Waals surface area (Å²) in [6, 6.07) is 6.64. The number of carbonyl (C=O) groups excluding carboxylic acids is 1. The lowest BCUT2D eigenvalue weighted by molar-refractivity contribution is -0.145. The zero-order valence-electron chi connectivity index (χ0n) is 20.0. The highest BCUT2D eigenvalue weighted by Crippen LogP contribution is 2.56. The van der Waals surface area contributed by atoms with Crippen molar-refractivity contribution in [3.05, 3.63) is 41.0 Å². The first-order valence-electron chi connectivity index (χ1n) is 12.4. The maximum Gasteiger partial charge on any atom is 0.311 e. The molecule has 0 aromatic heterocycles. The molecule has 6 atom stereocenters. The van der Waals surface area contributed by atoms with Crippen LogP contribution in [0.1, 0.15) is 44.2 Å². The third-order valence-corrected chi connectivity index (χ3v) is 9.10. The number of anilines is 1. The van der Waals surface area contributed by atoms with Gasteiger partial charge in [-0.15, -0.1) is 0 Å². The van der Waals surface area contributed by atoms with Gasteiger partial charge in [0.2, 0.25) is 0 Å². The minimum atomic E-state index is -0.518. The van der Waals surface area contributed by atoms with Crippen LogP contribution in [-0.4, -0.2) is 60.9 Å². The van der Waals surface area contributed by atoms with Crippen LogP contribution in [0.4, 0.5) is 5.69 Å². The third-order valence-electron chi connectivity index (χ3n) is 9.10. The molecule has 4 aliphatic rings. The Morgan fingerprint density at radius 3 is 2.69 bits per heavy atom. The zero-order chi connectivity index (χ0) is 22.6. The molecule has 5 heteroatoms. The molecule has 1 saturated carbocycles. The summed E-state index contributed by atoms with van der Waals surface area (Å²) in [6.45, 7) is 13.3. The Hall–Kier alpha value is -1.85. The van der Waals surface area contributed by atoms with E-state index in [0.29, 0.717) is 12.5 Å². The quantitative estimate of drug-likeness (QED) is 0.576. The van der Waals surface area contributed by atoms with Gasteiger partial charge in [-0.3, -0.25) is 9.69 Å². The summed E-state index contributed by atoms with van der Waals surface area (Å²) in [4.78, 5) is 17.8. The van der Waals surface area contributed by atoms with E-state index in [1.165, 1.54) is 22.4 Å². The predicted molar refractivity (Wildman–Crippen MR) is 127 cm³/mol. The fourth-order valence-electron chi connectivity index (χ4n) is 6.78. The van der Waals surface area contributed by atoms with Crippen LogP contribution in [0.15, 0.2) is 29.8 Å². The van der Waals surface area contributed by atoms with Crippen molar-refractivity contribution in [3.8, 4) is 0 Å². The minimum absolute atomic E-state index is 0.0951. The van der Waals surface area contributed by atoms with Crippen molar-refractivity contribution < 1.29 is 14.6 Å². The number of benzene rings is 1. The number of esters is 1. The van der Waals surface area contributed by atoms with E-state index in [1.54, 1.807) is 0 Å². The molecule has 0 radical (unpaired) electrons. The summed E-state index contributed by atoms with van der Waals surface area (Å²) < 4.78 is 5.86. The second-order valence-corrected chi connectivity index (χ2v) is 10.9. The molecule has 0 unspecified atom stereocenters. The molecule has 1 aromatic carbocycles. The van der Waals surface area contributed by atoms with Crippen LogP contribution < -0.4 is 4.90 Å². The number of allylic oxidation sites excluding steroid dienone is 1. The van der Waals surface area contributed by atoms with Crippen molar-refractivity contribution >= 4 is 11.7 Å². The number of aliphatic hydroxyl groups excluding tert-OH is 1. The summed E-state index contributed by atoms with van der Waals surface area (Å²) in [5.41, 5.74) is 5.01. The van der Waals surface area contributed by atoms with Gasteiger partial charge in [0, 0.05) is 56.2 Å². The number of hydrogen-bond donors (Lipinski definition) is 1. The van der Waals surface area contributed by atoms with Crippen molar-refractivity contribution in [2.75, 3.05) is 37.6 Å². The van der Waals surface area contributed by atoms with Crippen molar-refractivity contribution in [1.82, 2.24) is 4.90 Å². The molecule has 1 N–H and O–H groups in total. The standard InChI is InChI=1S/C27H38N2O3/c1-17-8-9-18(2)22(14-17)29-12-10-28(11-13-29)16-21-24-23(32-26(21)31)15-20-7-5-6-19(3)27(20,4)25(24)30/h7-9,14,19,21,23-25,30H,5-6,10-13,15-16H2,1-4H3/t19-,21-,23-,24-,25-,27-/m1/s1. The number of aryl methyl sites for hydroxylation is 2. The fraction of sp³-hybridized carbons (Fsp3) is 0.667. The molecular weight excluding hydrogens is 400 g/mol. The molecule has 2 aliphatic carbocycles. The Bertz CT molecular complexity index is 919. The lowest BCUT2D eigenvalue weighted by Gasteiger charge is -2.52. The Morgan fingerprint density at radius 1 is 1.19 bits per heavy atom. The van der Waals surface area contributed by atoms with E-state index in [-0.39, 0.29) is 29.3 Å². The van der Waals surface area contributed by atoms with Gasteiger partial charge in [0.05, 0.1) is 12.0 Å². The number of hydrogen-bond acceptors (Lipinski definition) is 5. The number of fused-ring (bicyclic) bond motifs is 2. The first-order chi connectivity index (χ1) is 15.3. The Labute approximate surface area is 192 Å². The van der Waals surface area contributed by atoms with Gasteiger partial charge in [0.25, 0.3) is 0 Å². The number of rotatable bonds is 3. The van der Waals surface area contributed by atoms with Crippen molar-refractivity contribution in [2.24, 2.45) is 23.2 Å². The molecule has 0 bridgehead atoms. The summed E-state index contributed by atoms with van der Waals surface area (Å²) in [7, 11) is 0. The van der Waals surface area contributed by atoms with Crippen molar-refractivity contribution in [1.29, 1.82) is 0 Å². The highest BCUT2D eigenvalue weighted by molar-refractivity contribution is 5.76. The fourth-order valence-corrected chi connectivity index (χ4v) is 6.78. The van der Waals surface area contributed by atoms with E-state index in [2.05, 4.69) is 61.8 Å². The molecule has 2 heterocycles. The third kappa shape index (κ3) is 3.49. The van der Waals surface area contributed by atoms with Gasteiger partial charge in [-0.05, 0) is 49.8 Å². The van der Waals surface area contributed by atoms with Crippen LogP contribution in [0.25, 0.3) is 0 Å². The molecular formula is C27H38N2O3. The maximum atomic E-state index is 12.9. The van der Waals surface area contributed by atoms with E-state index >= 15 is 0 Å². The molecule has 1 aromatic rings. The first-order valence-corrected chi connectivity index (χ1v) is 12.4. The van der Waals surface area contributed by atoms with Crippen LogP contribution in [0.5, 0.6) is 0 Å². The monoisotopic (exact) mass is 438 g/mol. The number of ether oxygens (including phenoxy) is 1. The van der Waals surface area contributed by atoms with Gasteiger partial charge in [-0.25, -0.2) is 0 Å². The van der Waals surface area contributed by atoms with Crippen LogP contribution in [0, 0.1) is 37.0 Å². The number of aliphatic hydroxyl groups is 1. The first kappa shape index (κ1) is 22.0. The molecule has 0 amide bonds. The van der Waals surface area contributed by atoms with Gasteiger partial charge in [0.1, 0.15) is 6.10 Å². The lowest BCUT2D eigenvalue weighted by Crippen LogP contribution is -2.55. The Balaban J connectivity index is 1.28. The van der Waals surface area contributed by atoms with Gasteiger partial charge in [-0.1, -0.05) is 37.6 Å². The molecule has 5 nitrogen and oxygen atoms in total. The summed E-state index contributed by atoms with van der Waals surface area (Å²) in [5, 5.41) is 11.6. The molecule has 5 rings (SSSR count). The van der Waals surface area contributed by atoms with Crippen molar-refractivity contribution in [3.63, 3.8) is 0 Å². The minimum Gasteiger partial charge on any atom is -0.461 e. The van der Waals surface area contributed by atoms with Crippen molar-refractivity contribution in [2.45, 2.75) is 59.2 Å². The normalized spacial score (nSPS) is 37.5. The van der Waals surface area contributed by atoms with E-state index < -0.39 is 6.10 Å². The lowest BCUT2D eigenvalue weighted by atomic mass is 9.55. The van der Waals surface area contributed by atoms with Crippen LogP contribution in [-0.2, 0) is 9.53 Å². The second-order valence-electron chi connectivity index (χ2n) is 10.9. The highest BCUT2D eigenvalue weighted by atomic mass is 16.6.